The highest BCUT2D eigenvalue weighted by atomic mass is 16.5. The Morgan fingerprint density at radius 2 is 1.94 bits per heavy atom. The highest BCUT2D eigenvalue weighted by Crippen LogP contribution is 2.26. The largest absolute Gasteiger partial charge is 0.478 e. The van der Waals surface area contributed by atoms with Crippen molar-refractivity contribution in [2.75, 3.05) is 0 Å². The van der Waals surface area contributed by atoms with Gasteiger partial charge in [0, 0.05) is 5.56 Å². The van der Waals surface area contributed by atoms with Gasteiger partial charge in [-0.05, 0) is 24.3 Å². The van der Waals surface area contributed by atoms with Gasteiger partial charge in [-0.3, -0.25) is 0 Å². The lowest BCUT2D eigenvalue weighted by Crippen LogP contribution is -1.96. The van der Waals surface area contributed by atoms with Crippen molar-refractivity contribution in [3.05, 3.63) is 66.2 Å². The molecule has 1 N–H and O–H groups in total. The summed E-state index contributed by atoms with van der Waals surface area (Å²) in [6.07, 6.45) is 1.69. The third kappa shape index (κ3) is 2.58. The molecular formula is C15H12O3. The second-order valence-corrected chi connectivity index (χ2v) is 3.68. The molecule has 2 aromatic rings. The quantitative estimate of drug-likeness (QED) is 0.883. The van der Waals surface area contributed by atoms with E-state index in [-0.39, 0.29) is 5.56 Å². The molecule has 0 aliphatic heterocycles. The predicted molar refractivity (Wildman–Crippen MR) is 70.0 cm³/mol. The van der Waals surface area contributed by atoms with Crippen LogP contribution in [0.1, 0.15) is 15.9 Å². The first-order valence-corrected chi connectivity index (χ1v) is 5.43. The number of carboxylic acid groups (broad SMARTS) is 1. The Morgan fingerprint density at radius 3 is 2.67 bits per heavy atom. The number of aromatic carboxylic acids is 1. The van der Waals surface area contributed by atoms with Crippen molar-refractivity contribution in [3.63, 3.8) is 0 Å². The summed E-state index contributed by atoms with van der Waals surface area (Å²) in [6, 6.07) is 13.8. The molecule has 0 spiro atoms. The first-order valence-electron chi connectivity index (χ1n) is 5.43. The molecule has 2 aromatic carbocycles. The fraction of sp³-hybridized carbons (Fsp3) is 0. The van der Waals surface area contributed by atoms with Crippen molar-refractivity contribution in [1.29, 1.82) is 0 Å². The minimum absolute atomic E-state index is 0.198. The molecule has 0 amide bonds. The number of hydrogen-bond acceptors (Lipinski definition) is 2. The standard InChI is InChI=1S/C15H12O3/c1-2-11-6-3-4-9-14(11)18-13-8-5-7-12(10-13)15(16)17/h2-10H,1H2,(H,16,17). The molecule has 0 saturated heterocycles. The molecule has 3 heteroatoms. The average molecular weight is 240 g/mol. The van der Waals surface area contributed by atoms with Gasteiger partial charge in [-0.1, -0.05) is 36.9 Å². The van der Waals surface area contributed by atoms with Crippen LogP contribution in [0.2, 0.25) is 0 Å². The summed E-state index contributed by atoms with van der Waals surface area (Å²) in [7, 11) is 0. The van der Waals surface area contributed by atoms with Crippen molar-refractivity contribution in [2.45, 2.75) is 0 Å². The van der Waals surface area contributed by atoms with Crippen molar-refractivity contribution in [3.8, 4) is 11.5 Å². The lowest BCUT2D eigenvalue weighted by Gasteiger charge is -2.08. The van der Waals surface area contributed by atoms with Gasteiger partial charge in [0.2, 0.25) is 0 Å². The molecule has 0 aliphatic carbocycles. The number of benzene rings is 2. The zero-order chi connectivity index (χ0) is 13.0. The van der Waals surface area contributed by atoms with Crippen molar-refractivity contribution in [1.82, 2.24) is 0 Å². The van der Waals surface area contributed by atoms with Crippen LogP contribution in [-0.4, -0.2) is 11.1 Å². The summed E-state index contributed by atoms with van der Waals surface area (Å²) >= 11 is 0. The summed E-state index contributed by atoms with van der Waals surface area (Å²) in [5.74, 6) is 0.164. The number of rotatable bonds is 4. The lowest BCUT2D eigenvalue weighted by atomic mass is 10.2. The average Bonchev–Trinajstić information content (AvgIpc) is 2.39. The Labute approximate surface area is 105 Å². The highest BCUT2D eigenvalue weighted by molar-refractivity contribution is 5.88. The Balaban J connectivity index is 2.31. The fourth-order valence-corrected chi connectivity index (χ4v) is 1.56. The monoisotopic (exact) mass is 240 g/mol. The van der Waals surface area contributed by atoms with Gasteiger partial charge in [0.15, 0.2) is 0 Å². The van der Waals surface area contributed by atoms with E-state index in [4.69, 9.17) is 9.84 Å². The van der Waals surface area contributed by atoms with Crippen LogP contribution >= 0.6 is 0 Å². The van der Waals surface area contributed by atoms with Crippen molar-refractivity contribution >= 4 is 12.0 Å². The molecule has 0 aliphatic rings. The first-order chi connectivity index (χ1) is 8.70. The van der Waals surface area contributed by atoms with Crippen LogP contribution in [0.3, 0.4) is 0 Å². The molecule has 0 fully saturated rings. The van der Waals surface area contributed by atoms with Crippen molar-refractivity contribution in [2.24, 2.45) is 0 Å². The summed E-state index contributed by atoms with van der Waals surface area (Å²) < 4.78 is 5.66. The summed E-state index contributed by atoms with van der Waals surface area (Å²) in [4.78, 5) is 10.9. The fourth-order valence-electron chi connectivity index (χ4n) is 1.56. The molecule has 0 atom stereocenters. The van der Waals surface area contributed by atoms with Crippen LogP contribution in [0, 0.1) is 0 Å². The zero-order valence-electron chi connectivity index (χ0n) is 9.67. The summed E-state index contributed by atoms with van der Waals surface area (Å²) in [5.41, 5.74) is 1.06. The van der Waals surface area contributed by atoms with Gasteiger partial charge in [0.25, 0.3) is 0 Å². The van der Waals surface area contributed by atoms with Gasteiger partial charge >= 0.3 is 5.97 Å². The topological polar surface area (TPSA) is 46.5 Å². The second kappa shape index (κ2) is 5.19. The normalized spacial score (nSPS) is 9.78. The molecule has 0 unspecified atom stereocenters. The maximum Gasteiger partial charge on any atom is 0.335 e. The second-order valence-electron chi connectivity index (χ2n) is 3.68. The molecule has 0 aromatic heterocycles. The van der Waals surface area contributed by atoms with Crippen LogP contribution in [-0.2, 0) is 0 Å². The van der Waals surface area contributed by atoms with E-state index in [1.165, 1.54) is 12.1 Å². The van der Waals surface area contributed by atoms with Gasteiger partial charge in [0.1, 0.15) is 11.5 Å². The Morgan fingerprint density at radius 1 is 1.17 bits per heavy atom. The number of carboxylic acids is 1. The Bertz CT molecular complexity index is 588. The molecule has 18 heavy (non-hydrogen) atoms. The van der Waals surface area contributed by atoms with E-state index in [1.807, 2.05) is 24.3 Å². The van der Waals surface area contributed by atoms with Crippen molar-refractivity contribution < 1.29 is 14.6 Å². The van der Waals surface area contributed by atoms with E-state index in [1.54, 1.807) is 18.2 Å². The van der Waals surface area contributed by atoms with Crippen LogP contribution < -0.4 is 4.74 Å². The maximum atomic E-state index is 10.9. The Hall–Kier alpha value is -2.55. The van der Waals surface area contributed by atoms with Gasteiger partial charge in [0.05, 0.1) is 5.56 Å². The lowest BCUT2D eigenvalue weighted by molar-refractivity contribution is 0.0696. The third-order valence-electron chi connectivity index (χ3n) is 2.45. The number of ether oxygens (including phenoxy) is 1. The first kappa shape index (κ1) is 11.9. The van der Waals surface area contributed by atoms with Crippen LogP contribution in [0.5, 0.6) is 11.5 Å². The molecule has 3 nitrogen and oxygen atoms in total. The van der Waals surface area contributed by atoms with Crippen LogP contribution in [0.4, 0.5) is 0 Å². The van der Waals surface area contributed by atoms with E-state index < -0.39 is 5.97 Å². The number of hydrogen-bond donors (Lipinski definition) is 1. The smallest absolute Gasteiger partial charge is 0.335 e. The van der Waals surface area contributed by atoms with E-state index >= 15 is 0 Å². The van der Waals surface area contributed by atoms with E-state index in [9.17, 15) is 4.79 Å². The van der Waals surface area contributed by atoms with E-state index in [0.717, 1.165) is 5.56 Å². The molecule has 90 valence electrons. The molecule has 0 bridgehead atoms. The third-order valence-corrected chi connectivity index (χ3v) is 2.45. The highest BCUT2D eigenvalue weighted by Gasteiger charge is 2.05. The molecule has 0 saturated carbocycles. The molecule has 0 radical (unpaired) electrons. The Kier molecular flexibility index (Phi) is 3.44. The predicted octanol–water partition coefficient (Wildman–Crippen LogP) is 3.82. The zero-order valence-corrected chi connectivity index (χ0v) is 9.67. The van der Waals surface area contributed by atoms with Gasteiger partial charge in [-0.15, -0.1) is 0 Å². The minimum Gasteiger partial charge on any atom is -0.478 e. The van der Waals surface area contributed by atoms with Gasteiger partial charge in [-0.25, -0.2) is 4.79 Å². The van der Waals surface area contributed by atoms with Gasteiger partial charge < -0.3 is 9.84 Å². The summed E-state index contributed by atoms with van der Waals surface area (Å²) in [6.45, 7) is 3.70. The number of carbonyl (C=O) groups is 1. The van der Waals surface area contributed by atoms with E-state index in [2.05, 4.69) is 6.58 Å². The maximum absolute atomic E-state index is 10.9. The molecule has 2 rings (SSSR count). The SMILES string of the molecule is C=Cc1ccccc1Oc1cccc(C(=O)O)c1. The van der Waals surface area contributed by atoms with E-state index in [0.29, 0.717) is 11.5 Å². The van der Waals surface area contributed by atoms with Crippen LogP contribution in [0.15, 0.2) is 55.1 Å². The summed E-state index contributed by atoms with van der Waals surface area (Å²) in [5, 5.41) is 8.90. The van der Waals surface area contributed by atoms with Gasteiger partial charge in [-0.2, -0.15) is 0 Å². The molecule has 0 heterocycles. The van der Waals surface area contributed by atoms with Crippen LogP contribution in [0.25, 0.3) is 6.08 Å². The minimum atomic E-state index is -0.975. The number of para-hydroxylation sites is 1. The molecular weight excluding hydrogens is 228 g/mol.